The summed E-state index contributed by atoms with van der Waals surface area (Å²) in [4.78, 5) is 14.1. The Morgan fingerprint density at radius 1 is 1.44 bits per heavy atom. The second-order valence-corrected chi connectivity index (χ2v) is 5.30. The number of amides is 1. The van der Waals surface area contributed by atoms with Crippen LogP contribution < -0.4 is 0 Å². The van der Waals surface area contributed by atoms with Crippen molar-refractivity contribution in [1.29, 1.82) is 0 Å². The molecule has 0 spiro atoms. The van der Waals surface area contributed by atoms with Crippen LogP contribution in [0.2, 0.25) is 0 Å². The van der Waals surface area contributed by atoms with Crippen LogP contribution >= 0.6 is 0 Å². The van der Waals surface area contributed by atoms with Crippen molar-refractivity contribution >= 4 is 11.6 Å². The molecule has 1 heterocycles. The van der Waals surface area contributed by atoms with Crippen LogP contribution in [-0.4, -0.2) is 34.8 Å². The lowest BCUT2D eigenvalue weighted by Crippen LogP contribution is -2.38. The van der Waals surface area contributed by atoms with Crippen LogP contribution in [-0.2, 0) is 4.79 Å². The molecule has 0 fully saturated rings. The van der Waals surface area contributed by atoms with E-state index in [0.29, 0.717) is 12.5 Å². The van der Waals surface area contributed by atoms with Crippen molar-refractivity contribution in [2.24, 2.45) is 11.1 Å². The number of carbonyl (C=O) groups excluding carboxylic acids is 1. The summed E-state index contributed by atoms with van der Waals surface area (Å²) in [5.41, 5.74) is 2.28. The minimum atomic E-state index is -0.150. The van der Waals surface area contributed by atoms with Gasteiger partial charge in [0.2, 0.25) is 0 Å². The molecule has 1 aliphatic heterocycles. The molecule has 1 amide bonds. The van der Waals surface area contributed by atoms with Crippen molar-refractivity contribution in [3.63, 3.8) is 0 Å². The van der Waals surface area contributed by atoms with Gasteiger partial charge in [-0.15, -0.1) is 0 Å². The van der Waals surface area contributed by atoms with E-state index in [1.807, 2.05) is 12.2 Å². The Hall–Kier alpha value is -1.58. The minimum absolute atomic E-state index is 0.150. The molecule has 18 heavy (non-hydrogen) atoms. The molecule has 1 N–H and O–H groups in total. The quantitative estimate of drug-likeness (QED) is 0.602. The third-order valence-corrected chi connectivity index (χ3v) is 3.39. The first-order valence-electron chi connectivity index (χ1n) is 6.53. The van der Waals surface area contributed by atoms with E-state index in [9.17, 15) is 4.79 Å². The van der Waals surface area contributed by atoms with E-state index >= 15 is 0 Å². The second-order valence-electron chi connectivity index (χ2n) is 5.30. The zero-order valence-corrected chi connectivity index (χ0v) is 11.0. The van der Waals surface area contributed by atoms with Gasteiger partial charge in [0, 0.05) is 18.7 Å². The zero-order valence-electron chi connectivity index (χ0n) is 11.0. The maximum atomic E-state index is 12.3. The summed E-state index contributed by atoms with van der Waals surface area (Å²) in [6.45, 7) is 5.60. The highest BCUT2D eigenvalue weighted by molar-refractivity contribution is 6.46. The predicted molar refractivity (Wildman–Crippen MR) is 70.7 cm³/mol. The number of carbonyl (C=O) groups is 1. The summed E-state index contributed by atoms with van der Waals surface area (Å²) in [6.07, 6.45) is 6.82. The van der Waals surface area contributed by atoms with Crippen molar-refractivity contribution in [3.05, 3.63) is 23.3 Å². The van der Waals surface area contributed by atoms with E-state index in [2.05, 4.69) is 19.0 Å². The van der Waals surface area contributed by atoms with Gasteiger partial charge in [0.25, 0.3) is 5.91 Å². The second kappa shape index (κ2) is 5.38. The Kier molecular flexibility index (Phi) is 3.84. The number of hydrogen-bond donors (Lipinski definition) is 1. The largest absolute Gasteiger partial charge is 0.410 e. The van der Waals surface area contributed by atoms with Crippen molar-refractivity contribution in [2.75, 3.05) is 13.1 Å². The number of nitrogens with zero attached hydrogens (tertiary/aromatic N) is 2. The fourth-order valence-corrected chi connectivity index (χ4v) is 2.57. The summed E-state index contributed by atoms with van der Waals surface area (Å²) in [5.74, 6) is 0.266. The first kappa shape index (κ1) is 12.9. The lowest BCUT2D eigenvalue weighted by atomic mass is 9.93. The van der Waals surface area contributed by atoms with Crippen molar-refractivity contribution < 1.29 is 10.0 Å². The summed E-state index contributed by atoms with van der Waals surface area (Å²) >= 11 is 0. The number of oxime groups is 1. The van der Waals surface area contributed by atoms with Crippen molar-refractivity contribution in [3.8, 4) is 0 Å². The fourth-order valence-electron chi connectivity index (χ4n) is 2.57. The van der Waals surface area contributed by atoms with Crippen molar-refractivity contribution in [2.45, 2.75) is 33.1 Å². The standard InChI is InChI=1S/C14H20N2O2/c1-10(2)9-16-8-7-11-5-3-4-6-12(11)13(15-18)14(16)17/h4,6,10,18H,3,5,7-9H2,1-2H3/b15-13-. The molecule has 0 unspecified atom stereocenters. The van der Waals surface area contributed by atoms with Gasteiger partial charge in [-0.1, -0.05) is 36.7 Å². The zero-order chi connectivity index (χ0) is 13.1. The highest BCUT2D eigenvalue weighted by Gasteiger charge is 2.29. The molecule has 1 aliphatic carbocycles. The molecule has 0 radical (unpaired) electrons. The monoisotopic (exact) mass is 248 g/mol. The summed E-state index contributed by atoms with van der Waals surface area (Å²) in [6, 6.07) is 0. The minimum Gasteiger partial charge on any atom is -0.410 e. The van der Waals surface area contributed by atoms with E-state index < -0.39 is 0 Å². The third kappa shape index (κ3) is 2.47. The van der Waals surface area contributed by atoms with Crippen LogP contribution in [0.1, 0.15) is 33.1 Å². The third-order valence-electron chi connectivity index (χ3n) is 3.39. The van der Waals surface area contributed by atoms with E-state index in [4.69, 9.17) is 5.21 Å². The molecule has 2 rings (SSSR count). The van der Waals surface area contributed by atoms with E-state index in [1.165, 1.54) is 5.57 Å². The van der Waals surface area contributed by atoms with Crippen LogP contribution in [0.3, 0.4) is 0 Å². The lowest BCUT2D eigenvalue weighted by molar-refractivity contribution is -0.124. The fraction of sp³-hybridized carbons (Fsp3) is 0.571. The normalized spacial score (nSPS) is 22.7. The SMILES string of the molecule is CC(C)CN1CCC2=C(C=CCC2)/C(=N/O)C1=O. The van der Waals surface area contributed by atoms with Crippen LogP contribution in [0.25, 0.3) is 0 Å². The highest BCUT2D eigenvalue weighted by Crippen LogP contribution is 2.27. The molecule has 2 aliphatic rings. The van der Waals surface area contributed by atoms with Gasteiger partial charge >= 0.3 is 0 Å². The average Bonchev–Trinajstić information content (AvgIpc) is 2.47. The Balaban J connectivity index is 2.30. The lowest BCUT2D eigenvalue weighted by Gasteiger charge is -2.22. The molecule has 0 bridgehead atoms. The van der Waals surface area contributed by atoms with Crippen LogP contribution in [0.15, 0.2) is 28.5 Å². The van der Waals surface area contributed by atoms with E-state index in [1.54, 1.807) is 4.90 Å². The molecule has 0 aromatic rings. The Morgan fingerprint density at radius 3 is 2.89 bits per heavy atom. The van der Waals surface area contributed by atoms with Gasteiger partial charge in [-0.3, -0.25) is 4.79 Å². The van der Waals surface area contributed by atoms with Crippen LogP contribution in [0, 0.1) is 5.92 Å². The molecule has 0 aromatic carbocycles. The summed E-state index contributed by atoms with van der Waals surface area (Å²) in [7, 11) is 0. The summed E-state index contributed by atoms with van der Waals surface area (Å²) < 4.78 is 0. The van der Waals surface area contributed by atoms with Gasteiger partial charge in [-0.05, 0) is 25.2 Å². The molecular formula is C14H20N2O2. The molecule has 0 atom stereocenters. The van der Waals surface area contributed by atoms with E-state index in [-0.39, 0.29) is 11.6 Å². The van der Waals surface area contributed by atoms with Crippen molar-refractivity contribution in [1.82, 2.24) is 4.90 Å². The van der Waals surface area contributed by atoms with Gasteiger partial charge in [0.1, 0.15) is 0 Å². The summed E-state index contributed by atoms with van der Waals surface area (Å²) in [5, 5.41) is 12.4. The maximum Gasteiger partial charge on any atom is 0.276 e. The number of rotatable bonds is 2. The first-order valence-corrected chi connectivity index (χ1v) is 6.53. The molecule has 98 valence electrons. The topological polar surface area (TPSA) is 52.9 Å². The van der Waals surface area contributed by atoms with Gasteiger partial charge in [-0.25, -0.2) is 0 Å². The molecular weight excluding hydrogens is 228 g/mol. The Labute approximate surface area is 108 Å². The molecule has 0 aromatic heterocycles. The van der Waals surface area contributed by atoms with Crippen LogP contribution in [0.4, 0.5) is 0 Å². The molecule has 0 saturated heterocycles. The van der Waals surface area contributed by atoms with Gasteiger partial charge in [0.05, 0.1) is 0 Å². The van der Waals surface area contributed by atoms with E-state index in [0.717, 1.165) is 31.4 Å². The smallest absolute Gasteiger partial charge is 0.276 e. The predicted octanol–water partition coefficient (Wildman–Crippen LogP) is 2.35. The Morgan fingerprint density at radius 2 is 2.22 bits per heavy atom. The van der Waals surface area contributed by atoms with Gasteiger partial charge in [-0.2, -0.15) is 0 Å². The van der Waals surface area contributed by atoms with Crippen LogP contribution in [0.5, 0.6) is 0 Å². The van der Waals surface area contributed by atoms with Gasteiger partial charge < -0.3 is 10.1 Å². The Bertz CT molecular complexity index is 433. The maximum absolute atomic E-state index is 12.3. The number of hydrogen-bond acceptors (Lipinski definition) is 3. The average molecular weight is 248 g/mol. The highest BCUT2D eigenvalue weighted by atomic mass is 16.4. The van der Waals surface area contributed by atoms with Gasteiger partial charge in [0.15, 0.2) is 5.71 Å². The molecule has 0 saturated carbocycles. The molecule has 4 heteroatoms. The number of allylic oxidation sites excluding steroid dienone is 2. The first-order chi connectivity index (χ1) is 8.63. The molecule has 4 nitrogen and oxygen atoms in total.